The largest absolute Gasteiger partial charge is 0.344 e. The standard InChI is InChI=1S/C15H21NO2/c1-13(2)5-3-6-14(11-16)10-15(7-4-12(13)14)17-8-9-18-15/h4,7,12H,3,5-6,8-10H2,1-2H3/t12-,14+/m1/s1. The third-order valence-electron chi connectivity index (χ3n) is 4.98. The summed E-state index contributed by atoms with van der Waals surface area (Å²) in [6, 6.07) is 2.61. The smallest absolute Gasteiger partial charge is 0.189 e. The first-order valence-corrected chi connectivity index (χ1v) is 6.91. The van der Waals surface area contributed by atoms with Gasteiger partial charge in [-0.15, -0.1) is 0 Å². The fourth-order valence-corrected chi connectivity index (χ4v) is 4.14. The van der Waals surface area contributed by atoms with Crippen LogP contribution in [0.25, 0.3) is 0 Å². The summed E-state index contributed by atoms with van der Waals surface area (Å²) in [6.07, 6.45) is 8.24. The molecule has 0 aromatic rings. The number of fused-ring (bicyclic) bond motifs is 1. The van der Waals surface area contributed by atoms with Crippen molar-refractivity contribution >= 4 is 0 Å². The van der Waals surface area contributed by atoms with E-state index in [9.17, 15) is 5.26 Å². The molecule has 2 fully saturated rings. The molecule has 18 heavy (non-hydrogen) atoms. The molecule has 1 spiro atoms. The minimum atomic E-state index is -0.611. The number of nitrogens with zero attached hydrogens (tertiary/aromatic N) is 1. The Morgan fingerprint density at radius 2 is 1.94 bits per heavy atom. The van der Waals surface area contributed by atoms with E-state index in [1.54, 1.807) is 0 Å². The van der Waals surface area contributed by atoms with Crippen molar-refractivity contribution in [2.24, 2.45) is 16.7 Å². The number of rotatable bonds is 0. The van der Waals surface area contributed by atoms with Gasteiger partial charge in [-0.2, -0.15) is 5.26 Å². The highest BCUT2D eigenvalue weighted by molar-refractivity contribution is 5.23. The van der Waals surface area contributed by atoms with Gasteiger partial charge in [0.2, 0.25) is 0 Å². The lowest BCUT2D eigenvalue weighted by Gasteiger charge is -2.52. The fourth-order valence-electron chi connectivity index (χ4n) is 4.14. The van der Waals surface area contributed by atoms with E-state index in [0.29, 0.717) is 25.6 Å². The number of nitriles is 1. The summed E-state index contributed by atoms with van der Waals surface area (Å²) in [5, 5.41) is 9.76. The van der Waals surface area contributed by atoms with E-state index >= 15 is 0 Å². The lowest BCUT2D eigenvalue weighted by Crippen LogP contribution is -2.50. The van der Waals surface area contributed by atoms with Gasteiger partial charge in [-0.25, -0.2) is 0 Å². The second-order valence-electron chi connectivity index (χ2n) is 6.63. The van der Waals surface area contributed by atoms with Crippen molar-refractivity contribution in [2.75, 3.05) is 13.2 Å². The highest BCUT2D eigenvalue weighted by atomic mass is 16.7. The van der Waals surface area contributed by atoms with Gasteiger partial charge in [0.1, 0.15) is 0 Å². The Bertz CT molecular complexity index is 415. The van der Waals surface area contributed by atoms with Crippen LogP contribution in [0, 0.1) is 28.1 Å². The highest BCUT2D eigenvalue weighted by Crippen LogP contribution is 2.58. The molecular formula is C15H21NO2. The lowest BCUT2D eigenvalue weighted by atomic mass is 9.52. The van der Waals surface area contributed by atoms with Crippen LogP contribution in [0.2, 0.25) is 0 Å². The third kappa shape index (κ3) is 1.63. The van der Waals surface area contributed by atoms with Crippen LogP contribution in [0.4, 0.5) is 0 Å². The highest BCUT2D eigenvalue weighted by Gasteiger charge is 2.56. The topological polar surface area (TPSA) is 42.2 Å². The molecule has 2 atom stereocenters. The monoisotopic (exact) mass is 247 g/mol. The van der Waals surface area contributed by atoms with Crippen molar-refractivity contribution in [3.63, 3.8) is 0 Å². The first-order chi connectivity index (χ1) is 8.52. The van der Waals surface area contributed by atoms with Crippen LogP contribution in [0.15, 0.2) is 12.2 Å². The number of hydrogen-bond donors (Lipinski definition) is 0. The first kappa shape index (κ1) is 12.2. The van der Waals surface area contributed by atoms with E-state index in [1.165, 1.54) is 6.42 Å². The van der Waals surface area contributed by atoms with Crippen LogP contribution in [0.1, 0.15) is 39.5 Å². The number of allylic oxidation sites excluding steroid dienone is 1. The van der Waals surface area contributed by atoms with Crippen LogP contribution in [-0.2, 0) is 9.47 Å². The summed E-state index contributed by atoms with van der Waals surface area (Å²) in [5.41, 5.74) is -0.106. The molecule has 0 unspecified atom stereocenters. The van der Waals surface area contributed by atoms with Crippen LogP contribution in [-0.4, -0.2) is 19.0 Å². The molecule has 1 heterocycles. The molecule has 0 radical (unpaired) electrons. The predicted octanol–water partition coefficient (Wildman–Crippen LogP) is 3.03. The zero-order chi connectivity index (χ0) is 12.9. The van der Waals surface area contributed by atoms with Crippen LogP contribution >= 0.6 is 0 Å². The predicted molar refractivity (Wildman–Crippen MR) is 67.6 cm³/mol. The van der Waals surface area contributed by atoms with Gasteiger partial charge in [0.15, 0.2) is 5.79 Å². The van der Waals surface area contributed by atoms with E-state index in [2.05, 4.69) is 32.1 Å². The SMILES string of the molecule is CC1(C)CCC[C@@]2(C#N)CC3(C=C[C@H]12)OCCO3. The van der Waals surface area contributed by atoms with Gasteiger partial charge in [0.25, 0.3) is 0 Å². The molecule has 1 saturated heterocycles. The quantitative estimate of drug-likeness (QED) is 0.618. The Labute approximate surface area is 109 Å². The molecule has 0 N–H and O–H groups in total. The minimum absolute atomic E-state index is 0.199. The summed E-state index contributed by atoms with van der Waals surface area (Å²) in [5.74, 6) is -0.290. The van der Waals surface area contributed by atoms with Crippen LogP contribution in [0.5, 0.6) is 0 Å². The number of hydrogen-bond acceptors (Lipinski definition) is 3. The summed E-state index contributed by atoms with van der Waals surface area (Å²) in [4.78, 5) is 0. The Morgan fingerprint density at radius 1 is 1.22 bits per heavy atom. The average Bonchev–Trinajstić information content (AvgIpc) is 2.76. The first-order valence-electron chi connectivity index (χ1n) is 6.91. The zero-order valence-corrected chi connectivity index (χ0v) is 11.2. The molecule has 3 heteroatoms. The second kappa shape index (κ2) is 3.82. The average molecular weight is 247 g/mol. The van der Waals surface area contributed by atoms with Gasteiger partial charge >= 0.3 is 0 Å². The summed E-state index contributed by atoms with van der Waals surface area (Å²) < 4.78 is 11.5. The molecule has 0 aromatic carbocycles. The van der Waals surface area contributed by atoms with Crippen LogP contribution in [0.3, 0.4) is 0 Å². The molecule has 3 aliphatic rings. The fraction of sp³-hybridized carbons (Fsp3) is 0.800. The molecule has 0 bridgehead atoms. The van der Waals surface area contributed by atoms with Crippen molar-refractivity contribution in [3.05, 3.63) is 12.2 Å². The van der Waals surface area contributed by atoms with Crippen molar-refractivity contribution < 1.29 is 9.47 Å². The maximum Gasteiger partial charge on any atom is 0.189 e. The van der Waals surface area contributed by atoms with Crippen molar-refractivity contribution in [3.8, 4) is 6.07 Å². The molecule has 1 saturated carbocycles. The van der Waals surface area contributed by atoms with Gasteiger partial charge < -0.3 is 9.47 Å². The summed E-state index contributed by atoms with van der Waals surface area (Å²) in [7, 11) is 0. The van der Waals surface area contributed by atoms with Gasteiger partial charge in [0.05, 0.1) is 24.7 Å². The zero-order valence-electron chi connectivity index (χ0n) is 11.2. The third-order valence-corrected chi connectivity index (χ3v) is 4.98. The van der Waals surface area contributed by atoms with E-state index < -0.39 is 5.79 Å². The molecule has 3 rings (SSSR count). The molecule has 0 aromatic heterocycles. The molecule has 98 valence electrons. The Morgan fingerprint density at radius 3 is 2.61 bits per heavy atom. The van der Waals surface area contributed by atoms with Crippen LogP contribution < -0.4 is 0 Å². The molecular weight excluding hydrogens is 226 g/mol. The summed E-state index contributed by atoms with van der Waals surface area (Å²) in [6.45, 7) is 5.84. The summed E-state index contributed by atoms with van der Waals surface area (Å²) >= 11 is 0. The van der Waals surface area contributed by atoms with E-state index in [-0.39, 0.29) is 10.8 Å². The van der Waals surface area contributed by atoms with Crippen molar-refractivity contribution in [2.45, 2.75) is 45.3 Å². The van der Waals surface area contributed by atoms with Gasteiger partial charge in [-0.05, 0) is 24.3 Å². The molecule has 0 amide bonds. The Hall–Kier alpha value is -0.850. The normalized spacial score (nSPS) is 40.4. The van der Waals surface area contributed by atoms with E-state index in [0.717, 1.165) is 12.8 Å². The second-order valence-corrected chi connectivity index (χ2v) is 6.63. The Kier molecular flexibility index (Phi) is 2.59. The molecule has 2 aliphatic carbocycles. The maximum atomic E-state index is 9.76. The van der Waals surface area contributed by atoms with Crippen molar-refractivity contribution in [1.82, 2.24) is 0 Å². The van der Waals surface area contributed by atoms with Gasteiger partial charge in [-0.1, -0.05) is 26.3 Å². The van der Waals surface area contributed by atoms with E-state index in [4.69, 9.17) is 9.47 Å². The lowest BCUT2D eigenvalue weighted by molar-refractivity contribution is -0.158. The number of ether oxygens (including phenoxy) is 2. The molecule has 3 nitrogen and oxygen atoms in total. The van der Waals surface area contributed by atoms with E-state index in [1.807, 2.05) is 0 Å². The minimum Gasteiger partial charge on any atom is -0.344 e. The maximum absolute atomic E-state index is 9.76. The van der Waals surface area contributed by atoms with Crippen molar-refractivity contribution in [1.29, 1.82) is 5.26 Å². The Balaban J connectivity index is 2.01. The van der Waals surface area contributed by atoms with Gasteiger partial charge in [0, 0.05) is 12.3 Å². The molecule has 1 aliphatic heterocycles. The van der Waals surface area contributed by atoms with Gasteiger partial charge in [-0.3, -0.25) is 0 Å².